The van der Waals surface area contributed by atoms with Gasteiger partial charge in [0.1, 0.15) is 6.10 Å². The Morgan fingerprint density at radius 2 is 1.33 bits per heavy atom. The standard InChI is InChI=1S/C11H8F6O4/c12-10(13,14)4-2-1-3-5(11(15,16)17)6(4)7(18)8(19)9(20)21/h1-3,7-8,18-19H,(H,20,21). The van der Waals surface area contributed by atoms with E-state index in [0.717, 1.165) is 0 Å². The summed E-state index contributed by atoms with van der Waals surface area (Å²) >= 11 is 0. The zero-order valence-electron chi connectivity index (χ0n) is 9.90. The van der Waals surface area contributed by atoms with Crippen LogP contribution in [0, 0.1) is 0 Å². The Morgan fingerprint density at radius 3 is 1.62 bits per heavy atom. The predicted octanol–water partition coefficient (Wildman–Crippen LogP) is 2.20. The summed E-state index contributed by atoms with van der Waals surface area (Å²) in [5.41, 5.74) is -5.47. The molecule has 1 rings (SSSR count). The monoisotopic (exact) mass is 318 g/mol. The lowest BCUT2D eigenvalue weighted by atomic mass is 9.92. The number of benzene rings is 1. The molecule has 0 fully saturated rings. The van der Waals surface area contributed by atoms with Crippen LogP contribution in [0.25, 0.3) is 0 Å². The Hall–Kier alpha value is -1.81. The summed E-state index contributed by atoms with van der Waals surface area (Å²) < 4.78 is 76.4. The molecule has 0 saturated heterocycles. The van der Waals surface area contributed by atoms with Crippen molar-refractivity contribution >= 4 is 5.97 Å². The van der Waals surface area contributed by atoms with E-state index in [2.05, 4.69) is 0 Å². The van der Waals surface area contributed by atoms with Crippen molar-refractivity contribution < 1.29 is 46.5 Å². The van der Waals surface area contributed by atoms with E-state index in [9.17, 15) is 36.2 Å². The van der Waals surface area contributed by atoms with Crippen LogP contribution in [-0.2, 0) is 17.1 Å². The fourth-order valence-corrected chi connectivity index (χ4v) is 1.67. The van der Waals surface area contributed by atoms with Gasteiger partial charge in [-0.3, -0.25) is 0 Å². The lowest BCUT2D eigenvalue weighted by Crippen LogP contribution is -2.31. The third-order valence-electron chi connectivity index (χ3n) is 2.56. The zero-order valence-corrected chi connectivity index (χ0v) is 9.90. The van der Waals surface area contributed by atoms with Crippen LogP contribution >= 0.6 is 0 Å². The first-order chi connectivity index (χ1) is 9.37. The number of carboxylic acids is 1. The van der Waals surface area contributed by atoms with Gasteiger partial charge in [-0.1, -0.05) is 6.07 Å². The molecule has 0 spiro atoms. The maximum atomic E-state index is 12.7. The van der Waals surface area contributed by atoms with Crippen LogP contribution < -0.4 is 0 Å². The summed E-state index contributed by atoms with van der Waals surface area (Å²) in [5.74, 6) is -2.16. The molecule has 0 aliphatic carbocycles. The largest absolute Gasteiger partial charge is 0.479 e. The van der Waals surface area contributed by atoms with Crippen LogP contribution in [0.2, 0.25) is 0 Å². The molecule has 0 bridgehead atoms. The molecule has 2 unspecified atom stereocenters. The highest BCUT2D eigenvalue weighted by atomic mass is 19.4. The Morgan fingerprint density at radius 1 is 0.952 bits per heavy atom. The fraction of sp³-hybridized carbons (Fsp3) is 0.364. The van der Waals surface area contributed by atoms with E-state index in [1.165, 1.54) is 0 Å². The Kier molecular flexibility index (Phi) is 4.54. The number of alkyl halides is 6. The second-order valence-electron chi connectivity index (χ2n) is 3.99. The van der Waals surface area contributed by atoms with Gasteiger partial charge in [-0.2, -0.15) is 26.3 Å². The van der Waals surface area contributed by atoms with Crippen molar-refractivity contribution in [1.82, 2.24) is 0 Å². The van der Waals surface area contributed by atoms with Gasteiger partial charge in [0, 0.05) is 5.56 Å². The highest BCUT2D eigenvalue weighted by Crippen LogP contribution is 2.42. The molecule has 2 atom stereocenters. The van der Waals surface area contributed by atoms with Crippen LogP contribution in [-0.4, -0.2) is 27.4 Å². The number of aliphatic hydroxyl groups is 2. The minimum atomic E-state index is -5.27. The Balaban J connectivity index is 3.61. The van der Waals surface area contributed by atoms with Gasteiger partial charge < -0.3 is 15.3 Å². The van der Waals surface area contributed by atoms with Crippen LogP contribution in [0.1, 0.15) is 22.8 Å². The van der Waals surface area contributed by atoms with Crippen molar-refractivity contribution in [1.29, 1.82) is 0 Å². The molecule has 3 N–H and O–H groups in total. The molecule has 0 aliphatic rings. The van der Waals surface area contributed by atoms with E-state index in [-0.39, 0.29) is 12.1 Å². The summed E-state index contributed by atoms with van der Waals surface area (Å²) in [5, 5.41) is 26.9. The van der Waals surface area contributed by atoms with Crippen molar-refractivity contribution in [3.05, 3.63) is 34.9 Å². The number of carboxylic acid groups (broad SMARTS) is 1. The summed E-state index contributed by atoms with van der Waals surface area (Å²) in [6.07, 6.45) is -16.3. The van der Waals surface area contributed by atoms with E-state index in [0.29, 0.717) is 6.07 Å². The second-order valence-corrected chi connectivity index (χ2v) is 3.99. The Labute approximate surface area is 113 Å². The lowest BCUT2D eigenvalue weighted by Gasteiger charge is -2.23. The summed E-state index contributed by atoms with van der Waals surface area (Å²) in [6.45, 7) is 0. The molecule has 1 aromatic rings. The molecule has 10 heteroatoms. The number of aliphatic carboxylic acids is 1. The fourth-order valence-electron chi connectivity index (χ4n) is 1.67. The van der Waals surface area contributed by atoms with Crippen molar-refractivity contribution in [2.24, 2.45) is 0 Å². The average Bonchev–Trinajstić information content (AvgIpc) is 2.33. The third-order valence-corrected chi connectivity index (χ3v) is 2.56. The second kappa shape index (κ2) is 5.53. The lowest BCUT2D eigenvalue weighted by molar-refractivity contribution is -0.158. The van der Waals surface area contributed by atoms with Crippen molar-refractivity contribution in [3.63, 3.8) is 0 Å². The molecular weight excluding hydrogens is 310 g/mol. The zero-order chi connectivity index (χ0) is 16.6. The van der Waals surface area contributed by atoms with Gasteiger partial charge in [-0.25, -0.2) is 4.79 Å². The minimum Gasteiger partial charge on any atom is -0.479 e. The summed E-state index contributed by atoms with van der Waals surface area (Å²) in [6, 6.07) is 0.972. The van der Waals surface area contributed by atoms with Gasteiger partial charge in [-0.05, 0) is 12.1 Å². The maximum Gasteiger partial charge on any atom is 0.416 e. The first-order valence-electron chi connectivity index (χ1n) is 5.23. The number of halogens is 6. The summed E-state index contributed by atoms with van der Waals surface area (Å²) in [4.78, 5) is 10.5. The quantitative estimate of drug-likeness (QED) is 0.747. The average molecular weight is 318 g/mol. The molecule has 1 aromatic carbocycles. The highest BCUT2D eigenvalue weighted by molar-refractivity contribution is 5.73. The Bertz CT molecular complexity index is 504. The van der Waals surface area contributed by atoms with E-state index < -0.39 is 47.2 Å². The molecule has 0 radical (unpaired) electrons. The molecule has 0 saturated carbocycles. The number of aliphatic hydroxyl groups excluding tert-OH is 2. The first kappa shape index (κ1) is 17.2. The van der Waals surface area contributed by atoms with Crippen molar-refractivity contribution in [2.45, 2.75) is 24.6 Å². The van der Waals surface area contributed by atoms with E-state index in [1.807, 2.05) is 0 Å². The third kappa shape index (κ3) is 3.64. The van der Waals surface area contributed by atoms with Gasteiger partial charge in [0.2, 0.25) is 0 Å². The molecule has 21 heavy (non-hydrogen) atoms. The predicted molar refractivity (Wildman–Crippen MR) is 55.0 cm³/mol. The number of rotatable bonds is 3. The van der Waals surface area contributed by atoms with E-state index in [1.54, 1.807) is 0 Å². The topological polar surface area (TPSA) is 77.8 Å². The van der Waals surface area contributed by atoms with Crippen molar-refractivity contribution in [3.8, 4) is 0 Å². The van der Waals surface area contributed by atoms with Gasteiger partial charge >= 0.3 is 18.3 Å². The van der Waals surface area contributed by atoms with Gasteiger partial charge in [0.25, 0.3) is 0 Å². The maximum absolute atomic E-state index is 12.7. The van der Waals surface area contributed by atoms with Crippen LogP contribution in [0.4, 0.5) is 26.3 Å². The van der Waals surface area contributed by atoms with Crippen LogP contribution in [0.15, 0.2) is 18.2 Å². The molecular formula is C11H8F6O4. The smallest absolute Gasteiger partial charge is 0.416 e. The highest BCUT2D eigenvalue weighted by Gasteiger charge is 2.44. The molecule has 0 heterocycles. The molecule has 0 aromatic heterocycles. The molecule has 0 aliphatic heterocycles. The minimum absolute atomic E-state index is 0.252. The molecule has 4 nitrogen and oxygen atoms in total. The number of carbonyl (C=O) groups is 1. The molecule has 118 valence electrons. The SMILES string of the molecule is O=C(O)C(O)C(O)c1c(C(F)(F)F)cccc1C(F)(F)F. The summed E-state index contributed by atoms with van der Waals surface area (Å²) in [7, 11) is 0. The normalized spacial score (nSPS) is 15.6. The number of hydrogen-bond acceptors (Lipinski definition) is 3. The van der Waals surface area contributed by atoms with Gasteiger partial charge in [0.15, 0.2) is 6.10 Å². The first-order valence-corrected chi connectivity index (χ1v) is 5.23. The van der Waals surface area contributed by atoms with Crippen LogP contribution in [0.3, 0.4) is 0 Å². The van der Waals surface area contributed by atoms with E-state index in [4.69, 9.17) is 10.2 Å². The van der Waals surface area contributed by atoms with E-state index >= 15 is 0 Å². The van der Waals surface area contributed by atoms with Gasteiger partial charge in [0.05, 0.1) is 11.1 Å². The number of hydrogen-bond donors (Lipinski definition) is 3. The van der Waals surface area contributed by atoms with Crippen molar-refractivity contribution in [2.75, 3.05) is 0 Å². The van der Waals surface area contributed by atoms with Crippen LogP contribution in [0.5, 0.6) is 0 Å². The van der Waals surface area contributed by atoms with Gasteiger partial charge in [-0.15, -0.1) is 0 Å². The molecule has 0 amide bonds.